The third-order valence-electron chi connectivity index (χ3n) is 4.88. The number of ketones is 1. The van der Waals surface area contributed by atoms with Crippen LogP contribution in [0.4, 0.5) is 0 Å². The van der Waals surface area contributed by atoms with Crippen molar-refractivity contribution in [2.24, 2.45) is 0 Å². The first-order valence-corrected chi connectivity index (χ1v) is 10.3. The lowest BCUT2D eigenvalue weighted by Crippen LogP contribution is -1.98. The molecule has 0 aliphatic carbocycles. The maximum Gasteiger partial charge on any atom is 0.162 e. The minimum absolute atomic E-state index is 0.304. The number of carbonyl (C=O) groups is 1. The summed E-state index contributed by atoms with van der Waals surface area (Å²) in [5, 5.41) is 0. The van der Waals surface area contributed by atoms with E-state index in [0.29, 0.717) is 12.2 Å². The molecule has 0 saturated heterocycles. The quantitative estimate of drug-likeness (QED) is 0.238. The molecule has 0 bridgehead atoms. The van der Waals surface area contributed by atoms with Gasteiger partial charge in [0.25, 0.3) is 0 Å². The van der Waals surface area contributed by atoms with Gasteiger partial charge in [0.2, 0.25) is 0 Å². The highest BCUT2D eigenvalue weighted by Crippen LogP contribution is 2.14. The van der Waals surface area contributed by atoms with Gasteiger partial charge in [-0.05, 0) is 13.3 Å². The molecule has 1 aromatic rings. The standard InChI is InChI=1S/C23H38O/c1-3-4-5-6-7-8-9-10-11-12-13-14-15-16-23(24)22-19-17-21(2)18-20-22/h17-20H,3-16H2,1-2H3. The normalized spacial score (nSPS) is 10.9. The maximum atomic E-state index is 12.1. The number of rotatable bonds is 15. The van der Waals surface area contributed by atoms with Gasteiger partial charge >= 0.3 is 0 Å². The largest absolute Gasteiger partial charge is 0.294 e. The molecule has 0 aromatic heterocycles. The van der Waals surface area contributed by atoms with Crippen LogP contribution in [0, 0.1) is 6.92 Å². The van der Waals surface area contributed by atoms with Crippen molar-refractivity contribution in [3.05, 3.63) is 35.4 Å². The molecule has 0 atom stereocenters. The highest BCUT2D eigenvalue weighted by Gasteiger charge is 2.04. The summed E-state index contributed by atoms with van der Waals surface area (Å²) in [6, 6.07) is 7.97. The van der Waals surface area contributed by atoms with Crippen molar-refractivity contribution < 1.29 is 4.79 Å². The van der Waals surface area contributed by atoms with Crippen LogP contribution >= 0.6 is 0 Å². The number of Topliss-reactive ketones (excluding diaryl/α,β-unsaturated/α-hetero) is 1. The van der Waals surface area contributed by atoms with Crippen LogP contribution < -0.4 is 0 Å². The molecule has 0 fully saturated rings. The van der Waals surface area contributed by atoms with Crippen molar-refractivity contribution in [2.75, 3.05) is 0 Å². The monoisotopic (exact) mass is 330 g/mol. The summed E-state index contributed by atoms with van der Waals surface area (Å²) in [6.07, 6.45) is 18.3. The third-order valence-corrected chi connectivity index (χ3v) is 4.88. The minimum Gasteiger partial charge on any atom is -0.294 e. The smallest absolute Gasteiger partial charge is 0.162 e. The van der Waals surface area contributed by atoms with E-state index in [-0.39, 0.29) is 0 Å². The summed E-state index contributed by atoms with van der Waals surface area (Å²) in [5.41, 5.74) is 2.09. The third kappa shape index (κ3) is 10.6. The van der Waals surface area contributed by atoms with Crippen LogP contribution in [0.25, 0.3) is 0 Å². The molecule has 0 aliphatic heterocycles. The number of carbonyl (C=O) groups excluding carboxylic acids is 1. The molecule has 0 saturated carbocycles. The van der Waals surface area contributed by atoms with Crippen molar-refractivity contribution in [1.82, 2.24) is 0 Å². The van der Waals surface area contributed by atoms with Crippen molar-refractivity contribution in [2.45, 2.75) is 104 Å². The SMILES string of the molecule is CCCCCCCCCCCCCCCC(=O)c1ccc(C)cc1. The Hall–Kier alpha value is -1.11. The summed E-state index contributed by atoms with van der Waals surface area (Å²) >= 11 is 0. The Bertz CT molecular complexity index is 418. The van der Waals surface area contributed by atoms with Gasteiger partial charge in [0.15, 0.2) is 5.78 Å². The van der Waals surface area contributed by atoms with Gasteiger partial charge in [0.1, 0.15) is 0 Å². The van der Waals surface area contributed by atoms with E-state index in [9.17, 15) is 4.79 Å². The fourth-order valence-corrected chi connectivity index (χ4v) is 3.19. The van der Waals surface area contributed by atoms with Gasteiger partial charge in [-0.3, -0.25) is 4.79 Å². The number of hydrogen-bond donors (Lipinski definition) is 0. The first-order chi connectivity index (χ1) is 11.7. The van der Waals surface area contributed by atoms with Gasteiger partial charge in [0, 0.05) is 12.0 Å². The lowest BCUT2D eigenvalue weighted by Gasteiger charge is -2.04. The highest BCUT2D eigenvalue weighted by molar-refractivity contribution is 5.96. The predicted octanol–water partition coefficient (Wildman–Crippen LogP) is 7.66. The molecule has 136 valence electrons. The molecule has 24 heavy (non-hydrogen) atoms. The summed E-state index contributed by atoms with van der Waals surface area (Å²) in [4.78, 5) is 12.1. The van der Waals surface area contributed by atoms with Crippen LogP contribution in [0.15, 0.2) is 24.3 Å². The Balaban J connectivity index is 1.87. The minimum atomic E-state index is 0.304. The first kappa shape index (κ1) is 20.9. The molecule has 0 heterocycles. The van der Waals surface area contributed by atoms with Gasteiger partial charge in [-0.15, -0.1) is 0 Å². The van der Waals surface area contributed by atoms with Crippen LogP contribution in [-0.4, -0.2) is 5.78 Å². The van der Waals surface area contributed by atoms with Crippen LogP contribution in [0.5, 0.6) is 0 Å². The van der Waals surface area contributed by atoms with Crippen LogP contribution in [0.3, 0.4) is 0 Å². The summed E-state index contributed by atoms with van der Waals surface area (Å²) < 4.78 is 0. The molecular formula is C23H38O. The van der Waals surface area contributed by atoms with Crippen molar-refractivity contribution >= 4 is 5.78 Å². The van der Waals surface area contributed by atoms with Crippen molar-refractivity contribution in [3.63, 3.8) is 0 Å². The molecule has 1 aromatic carbocycles. The number of hydrogen-bond acceptors (Lipinski definition) is 1. The van der Waals surface area contributed by atoms with Crippen molar-refractivity contribution in [3.8, 4) is 0 Å². The highest BCUT2D eigenvalue weighted by atomic mass is 16.1. The summed E-state index contributed by atoms with van der Waals surface area (Å²) in [6.45, 7) is 4.33. The topological polar surface area (TPSA) is 17.1 Å². The number of benzene rings is 1. The second-order valence-electron chi connectivity index (χ2n) is 7.28. The Morgan fingerprint density at radius 3 is 1.54 bits per heavy atom. The van der Waals surface area contributed by atoms with Crippen LogP contribution in [0.1, 0.15) is 113 Å². The van der Waals surface area contributed by atoms with E-state index in [1.807, 2.05) is 24.3 Å². The molecule has 1 nitrogen and oxygen atoms in total. The molecule has 0 amide bonds. The zero-order valence-electron chi connectivity index (χ0n) is 16.1. The summed E-state index contributed by atoms with van der Waals surface area (Å²) in [5.74, 6) is 0.304. The number of unbranched alkanes of at least 4 members (excludes halogenated alkanes) is 12. The first-order valence-electron chi connectivity index (χ1n) is 10.3. The van der Waals surface area contributed by atoms with Crippen molar-refractivity contribution in [1.29, 1.82) is 0 Å². The summed E-state index contributed by atoms with van der Waals surface area (Å²) in [7, 11) is 0. The second kappa shape index (κ2) is 14.3. The Kier molecular flexibility index (Phi) is 12.4. The molecule has 1 heteroatoms. The Morgan fingerprint density at radius 1 is 0.667 bits per heavy atom. The van der Waals surface area contributed by atoms with Gasteiger partial charge in [-0.25, -0.2) is 0 Å². The molecular weight excluding hydrogens is 292 g/mol. The van der Waals surface area contributed by atoms with E-state index in [1.165, 1.54) is 82.6 Å². The Labute approximate surface area is 150 Å². The lowest BCUT2D eigenvalue weighted by molar-refractivity contribution is 0.0979. The fraction of sp³-hybridized carbons (Fsp3) is 0.696. The second-order valence-corrected chi connectivity index (χ2v) is 7.28. The van der Waals surface area contributed by atoms with E-state index in [0.717, 1.165) is 12.0 Å². The van der Waals surface area contributed by atoms with Crippen LogP contribution in [0.2, 0.25) is 0 Å². The van der Waals surface area contributed by atoms with Gasteiger partial charge in [-0.1, -0.05) is 114 Å². The molecule has 0 unspecified atom stereocenters. The van der Waals surface area contributed by atoms with E-state index in [4.69, 9.17) is 0 Å². The fourth-order valence-electron chi connectivity index (χ4n) is 3.19. The zero-order chi connectivity index (χ0) is 17.5. The average molecular weight is 331 g/mol. The van der Waals surface area contributed by atoms with E-state index >= 15 is 0 Å². The molecule has 0 N–H and O–H groups in total. The maximum absolute atomic E-state index is 12.1. The van der Waals surface area contributed by atoms with E-state index < -0.39 is 0 Å². The predicted molar refractivity (Wildman–Crippen MR) is 106 cm³/mol. The lowest BCUT2D eigenvalue weighted by atomic mass is 10.0. The molecule has 1 rings (SSSR count). The molecule has 0 aliphatic rings. The molecule has 0 radical (unpaired) electrons. The average Bonchev–Trinajstić information content (AvgIpc) is 2.59. The van der Waals surface area contributed by atoms with Gasteiger partial charge in [-0.2, -0.15) is 0 Å². The van der Waals surface area contributed by atoms with E-state index in [2.05, 4.69) is 13.8 Å². The van der Waals surface area contributed by atoms with Crippen LogP contribution in [-0.2, 0) is 0 Å². The molecule has 0 spiro atoms. The van der Waals surface area contributed by atoms with E-state index in [1.54, 1.807) is 0 Å². The van der Waals surface area contributed by atoms with Gasteiger partial charge in [0.05, 0.1) is 0 Å². The number of aryl methyl sites for hydroxylation is 1. The Morgan fingerprint density at radius 2 is 1.08 bits per heavy atom. The van der Waals surface area contributed by atoms with Gasteiger partial charge < -0.3 is 0 Å². The zero-order valence-corrected chi connectivity index (χ0v) is 16.1.